The Balaban J connectivity index is 0.000000199. The molecule has 4 amide bonds. The molecule has 6 aromatic carbocycles. The van der Waals surface area contributed by atoms with Crippen molar-refractivity contribution >= 4 is 92.6 Å². The molecule has 19 heteroatoms. The second kappa shape index (κ2) is 18.0. The van der Waals surface area contributed by atoms with E-state index in [1.165, 1.54) is 140 Å². The number of nitrogens with zero attached hydrogens (tertiary/aromatic N) is 6. The number of hydrogen-bond acceptors (Lipinski definition) is 3. The molecule has 0 radical (unpaired) electrons. The Morgan fingerprint density at radius 2 is 0.940 bits per heavy atom. The number of carbonyl (C=O) groups excluding carboxylic acids is 2. The lowest BCUT2D eigenvalue weighted by molar-refractivity contribution is -0.227. The molecule has 0 aliphatic carbocycles. The van der Waals surface area contributed by atoms with Crippen LogP contribution in [0.5, 0.6) is 0 Å². The summed E-state index contributed by atoms with van der Waals surface area (Å²) in [5.74, 6) is 0. The zero-order valence-electron chi connectivity index (χ0n) is 34.7. The zero-order valence-corrected chi connectivity index (χ0v) is 37.7. The van der Waals surface area contributed by atoms with Gasteiger partial charge in [-0.25, -0.2) is 19.3 Å². The molecule has 1 unspecified atom stereocenters. The van der Waals surface area contributed by atoms with Crippen LogP contribution < -0.4 is 19.6 Å². The molecule has 6 aromatic rings. The summed E-state index contributed by atoms with van der Waals surface area (Å²) in [4.78, 5) is 37.1. The van der Waals surface area contributed by atoms with Gasteiger partial charge >= 0.3 is 24.4 Å². The number of rotatable bonds is 6. The van der Waals surface area contributed by atoms with Gasteiger partial charge in [-0.15, -0.1) is 0 Å². The van der Waals surface area contributed by atoms with E-state index in [1.54, 1.807) is 0 Å². The lowest BCUT2D eigenvalue weighted by Crippen LogP contribution is -2.66. The predicted octanol–water partition coefficient (Wildman–Crippen LogP) is 15.2. The van der Waals surface area contributed by atoms with Crippen LogP contribution in [-0.4, -0.2) is 40.6 Å². The van der Waals surface area contributed by atoms with E-state index < -0.39 is 47.3 Å². The van der Waals surface area contributed by atoms with E-state index in [4.69, 9.17) is 59.5 Å². The van der Waals surface area contributed by atoms with Crippen molar-refractivity contribution in [3.63, 3.8) is 0 Å². The van der Waals surface area contributed by atoms with Gasteiger partial charge in [0.2, 0.25) is 5.72 Å². The molecular weight excluding hydrogens is 964 g/mol. The lowest BCUT2D eigenvalue weighted by atomic mass is 9.81. The van der Waals surface area contributed by atoms with Gasteiger partial charge in [0, 0.05) is 42.8 Å². The van der Waals surface area contributed by atoms with Crippen molar-refractivity contribution in [1.29, 1.82) is 0 Å². The van der Waals surface area contributed by atoms with Crippen LogP contribution >= 0.6 is 46.4 Å². The van der Waals surface area contributed by atoms with Crippen LogP contribution in [0.15, 0.2) is 146 Å². The first kappa shape index (κ1) is 48.5. The van der Waals surface area contributed by atoms with Crippen LogP contribution in [0, 0.1) is 13.1 Å². The molecule has 2 saturated heterocycles. The summed E-state index contributed by atoms with van der Waals surface area (Å²) in [6, 6.07) is 29.9. The second-order valence-electron chi connectivity index (χ2n) is 15.5. The van der Waals surface area contributed by atoms with Crippen molar-refractivity contribution < 1.29 is 41.0 Å². The van der Waals surface area contributed by atoms with E-state index in [2.05, 4.69) is 9.69 Å². The molecule has 0 bridgehead atoms. The number of anilines is 4. The molecule has 2 fully saturated rings. The number of urea groups is 2. The van der Waals surface area contributed by atoms with E-state index in [0.29, 0.717) is 24.9 Å². The molecule has 4 atom stereocenters. The van der Waals surface area contributed by atoms with Crippen molar-refractivity contribution in [2.24, 2.45) is 0 Å². The number of alkyl halides is 6. The van der Waals surface area contributed by atoms with Crippen molar-refractivity contribution in [3.8, 4) is 0 Å². The highest BCUT2D eigenvalue weighted by Crippen LogP contribution is 2.58. The minimum Gasteiger partial charge on any atom is -0.364 e. The third kappa shape index (κ3) is 8.25. The van der Waals surface area contributed by atoms with Gasteiger partial charge in [-0.05, 0) is 128 Å². The first-order valence-corrected chi connectivity index (χ1v) is 21.2. The first-order chi connectivity index (χ1) is 31.5. The van der Waals surface area contributed by atoms with E-state index in [9.17, 15) is 41.0 Å². The highest BCUT2D eigenvalue weighted by atomic mass is 35.5. The third-order valence-corrected chi connectivity index (χ3v) is 12.7. The Morgan fingerprint density at radius 1 is 0.537 bits per heavy atom. The maximum atomic E-state index is 15.0. The van der Waals surface area contributed by atoms with E-state index in [1.807, 2.05) is 0 Å². The topological polar surface area (TPSA) is 76.0 Å². The zero-order chi connectivity index (χ0) is 48.9. The van der Waals surface area contributed by atoms with Crippen LogP contribution in [0.1, 0.15) is 31.0 Å². The third-order valence-electron chi connectivity index (χ3n) is 11.7. The summed E-state index contributed by atoms with van der Waals surface area (Å²) < 4.78 is 89.5. The van der Waals surface area contributed by atoms with E-state index in [0.717, 1.165) is 29.7 Å². The molecule has 2 aliphatic rings. The number of halogens is 10. The molecule has 0 aromatic heterocycles. The molecule has 2 aliphatic heterocycles. The number of benzene rings is 6. The minimum atomic E-state index is -5.12. The molecule has 342 valence electrons. The average Bonchev–Trinajstić information content (AvgIpc) is 3.65. The molecule has 0 saturated carbocycles. The lowest BCUT2D eigenvalue weighted by Gasteiger charge is -2.45. The largest absolute Gasteiger partial charge is 0.416 e. The van der Waals surface area contributed by atoms with E-state index in [-0.39, 0.29) is 50.3 Å². The van der Waals surface area contributed by atoms with Gasteiger partial charge < -0.3 is 5.11 Å². The van der Waals surface area contributed by atoms with Gasteiger partial charge in [0.25, 0.3) is 0 Å². The van der Waals surface area contributed by atoms with Crippen LogP contribution in [0.4, 0.5) is 70.1 Å². The molecular formula is C48H32Cl4F6N6O3. The molecule has 1 N–H and O–H groups in total. The normalized spacial score (nSPS) is 21.7. The molecule has 0 spiro atoms. The van der Waals surface area contributed by atoms with Gasteiger partial charge in [0.1, 0.15) is 0 Å². The van der Waals surface area contributed by atoms with Crippen molar-refractivity contribution in [2.45, 2.75) is 49.0 Å². The Labute approximate surface area is 400 Å². The maximum absolute atomic E-state index is 15.0. The van der Waals surface area contributed by atoms with Crippen molar-refractivity contribution in [1.82, 2.24) is 0 Å². The van der Waals surface area contributed by atoms with Gasteiger partial charge in [-0.2, -0.15) is 26.3 Å². The quantitative estimate of drug-likeness (QED) is 0.133. The van der Waals surface area contributed by atoms with Gasteiger partial charge in [-0.3, -0.25) is 19.6 Å². The highest BCUT2D eigenvalue weighted by molar-refractivity contribution is 6.31. The van der Waals surface area contributed by atoms with Crippen molar-refractivity contribution in [2.75, 3.05) is 19.6 Å². The Morgan fingerprint density at radius 3 is 1.37 bits per heavy atom. The van der Waals surface area contributed by atoms with Crippen molar-refractivity contribution in [3.05, 3.63) is 200 Å². The standard InChI is InChI=1S/C24H16Cl2F3N3O2.C24H16Cl2F3N3O/c1-22(24(27,28)29)23(34,15-4-3-5-18(14-15)30-2)32(20-12-8-17(26)9-13-20)21(33)31(22)19-10-6-16(25)7-11-19;1-23(24(27,28)29)21(15-4-3-5-18(14-15)30-2)31(19-10-6-16(25)7-11-19)22(33)32(23)20-12-8-17(26)9-13-20/h3-14,34H,1H3;3-14,21H,1H3/t22-,23?;21-,23-/m11/s1. The molecule has 8 rings (SSSR count). The smallest absolute Gasteiger partial charge is 0.364 e. The summed E-state index contributed by atoms with van der Waals surface area (Å²) >= 11 is 23.8. The maximum Gasteiger partial charge on any atom is 0.416 e. The van der Waals surface area contributed by atoms with Crippen LogP contribution in [-0.2, 0) is 5.72 Å². The number of carbonyl (C=O) groups is 2. The fraction of sp³-hybridized carbons (Fsp3) is 0.167. The summed E-state index contributed by atoms with van der Waals surface area (Å²) in [5, 5.41) is 13.3. The molecule has 9 nitrogen and oxygen atoms in total. The van der Waals surface area contributed by atoms with Gasteiger partial charge in [0.15, 0.2) is 22.5 Å². The van der Waals surface area contributed by atoms with Gasteiger partial charge in [0.05, 0.1) is 19.2 Å². The van der Waals surface area contributed by atoms with E-state index >= 15 is 0 Å². The summed E-state index contributed by atoms with van der Waals surface area (Å²) in [5.41, 5.74) is -8.57. The highest BCUT2D eigenvalue weighted by Gasteiger charge is 2.77. The SMILES string of the molecule is [C-]#[N+]c1cccc(C2(O)N(c3ccc(Cl)cc3)C(=O)N(c3ccc(Cl)cc3)[C@@]2(C)C(F)(F)F)c1.[C-]#[N+]c1cccc([C@H]2N(c3ccc(Cl)cc3)C(=O)N(c3ccc(Cl)cc3)[C@@]2(C)C(F)(F)F)c1. The predicted molar refractivity (Wildman–Crippen MR) is 247 cm³/mol. The second-order valence-corrected chi connectivity index (χ2v) is 17.3. The summed E-state index contributed by atoms with van der Waals surface area (Å²) in [6.45, 7) is 16.3. The Kier molecular flexibility index (Phi) is 13.0. The fourth-order valence-corrected chi connectivity index (χ4v) is 8.82. The average molecular weight is 997 g/mol. The monoisotopic (exact) mass is 994 g/mol. The summed E-state index contributed by atoms with van der Waals surface area (Å²) in [7, 11) is 0. The number of amides is 4. The molecule has 67 heavy (non-hydrogen) atoms. The number of hydrogen-bond donors (Lipinski definition) is 1. The van der Waals surface area contributed by atoms with Crippen LogP contribution in [0.2, 0.25) is 20.1 Å². The number of aliphatic hydroxyl groups is 1. The van der Waals surface area contributed by atoms with Gasteiger partial charge in [-0.1, -0.05) is 88.9 Å². The van der Waals surface area contributed by atoms with Crippen LogP contribution in [0.25, 0.3) is 9.69 Å². The van der Waals surface area contributed by atoms with Crippen LogP contribution in [0.3, 0.4) is 0 Å². The fourth-order valence-electron chi connectivity index (χ4n) is 8.32. The molecule has 2 heterocycles. The minimum absolute atomic E-state index is 0.00361. The Hall–Kier alpha value is -6.46. The summed E-state index contributed by atoms with van der Waals surface area (Å²) in [6.07, 6.45) is -9.95. The first-order valence-electron chi connectivity index (χ1n) is 19.6. The Bertz CT molecular complexity index is 2930.